The monoisotopic (exact) mass is 282 g/mol. The first-order valence-electron chi connectivity index (χ1n) is 6.53. The lowest BCUT2D eigenvalue weighted by molar-refractivity contribution is -0.119. The van der Waals surface area contributed by atoms with E-state index < -0.39 is 5.82 Å². The average molecular weight is 282 g/mol. The van der Waals surface area contributed by atoms with E-state index in [0.29, 0.717) is 17.9 Å². The fourth-order valence-corrected chi connectivity index (χ4v) is 2.45. The third kappa shape index (κ3) is 3.01. The summed E-state index contributed by atoms with van der Waals surface area (Å²) in [7, 11) is 2.82. The molecule has 1 aliphatic carbocycles. The zero-order valence-corrected chi connectivity index (χ0v) is 11.6. The quantitative estimate of drug-likeness (QED) is 0.884. The van der Waals surface area contributed by atoms with Gasteiger partial charge < -0.3 is 20.5 Å². The number of amides is 1. The standard InChI is InChI=1S/C14H19FN2O3/c1-19-12-7-13(20-2)11(6-10(12)15)17-14(18)8-3-4-9(16)5-8/h6-9H,3-5,16H2,1-2H3,(H,17,18). The molecule has 1 saturated carbocycles. The first kappa shape index (κ1) is 14.6. The summed E-state index contributed by atoms with van der Waals surface area (Å²) in [5.41, 5.74) is 6.10. The third-order valence-electron chi connectivity index (χ3n) is 3.58. The Labute approximate surface area is 117 Å². The molecule has 1 amide bonds. The lowest BCUT2D eigenvalue weighted by atomic mass is 10.1. The Kier molecular flexibility index (Phi) is 4.44. The number of methoxy groups -OCH3 is 2. The fourth-order valence-electron chi connectivity index (χ4n) is 2.45. The van der Waals surface area contributed by atoms with E-state index in [1.165, 1.54) is 26.4 Å². The number of hydrogen-bond acceptors (Lipinski definition) is 4. The lowest BCUT2D eigenvalue weighted by Gasteiger charge is -2.15. The highest BCUT2D eigenvalue weighted by atomic mass is 19.1. The summed E-state index contributed by atoms with van der Waals surface area (Å²) in [4.78, 5) is 12.1. The number of carbonyl (C=O) groups excluding carboxylic acids is 1. The normalized spacial score (nSPS) is 21.6. The van der Waals surface area contributed by atoms with Crippen molar-refractivity contribution >= 4 is 11.6 Å². The van der Waals surface area contributed by atoms with Crippen LogP contribution < -0.4 is 20.5 Å². The molecule has 2 atom stereocenters. The number of ether oxygens (including phenoxy) is 2. The molecule has 1 aromatic carbocycles. The van der Waals surface area contributed by atoms with Crippen LogP contribution in [0.3, 0.4) is 0 Å². The number of benzene rings is 1. The zero-order chi connectivity index (χ0) is 14.7. The van der Waals surface area contributed by atoms with Crippen LogP contribution in [0.2, 0.25) is 0 Å². The van der Waals surface area contributed by atoms with Gasteiger partial charge in [0.1, 0.15) is 5.75 Å². The van der Waals surface area contributed by atoms with Crippen molar-refractivity contribution < 1.29 is 18.7 Å². The van der Waals surface area contributed by atoms with E-state index in [0.717, 1.165) is 12.8 Å². The number of rotatable bonds is 4. The van der Waals surface area contributed by atoms with Gasteiger partial charge >= 0.3 is 0 Å². The Morgan fingerprint density at radius 1 is 1.30 bits per heavy atom. The molecule has 2 unspecified atom stereocenters. The van der Waals surface area contributed by atoms with Crippen LogP contribution in [-0.2, 0) is 4.79 Å². The van der Waals surface area contributed by atoms with Gasteiger partial charge in [-0.15, -0.1) is 0 Å². The summed E-state index contributed by atoms with van der Waals surface area (Å²) in [6.45, 7) is 0. The van der Waals surface area contributed by atoms with Gasteiger partial charge in [-0.3, -0.25) is 4.79 Å². The molecule has 1 fully saturated rings. The Morgan fingerprint density at radius 2 is 2.00 bits per heavy atom. The van der Waals surface area contributed by atoms with Crippen LogP contribution in [0.4, 0.5) is 10.1 Å². The predicted molar refractivity (Wildman–Crippen MR) is 73.5 cm³/mol. The van der Waals surface area contributed by atoms with Gasteiger partial charge in [0, 0.05) is 24.1 Å². The molecular weight excluding hydrogens is 263 g/mol. The summed E-state index contributed by atoms with van der Waals surface area (Å²) in [6, 6.07) is 2.68. The summed E-state index contributed by atoms with van der Waals surface area (Å²) in [5, 5.41) is 2.70. The summed E-state index contributed by atoms with van der Waals surface area (Å²) < 4.78 is 23.7. The highest BCUT2D eigenvalue weighted by Crippen LogP contribution is 2.33. The number of anilines is 1. The molecule has 0 saturated heterocycles. The Hall–Kier alpha value is -1.82. The van der Waals surface area contributed by atoms with Crippen molar-refractivity contribution in [2.45, 2.75) is 25.3 Å². The van der Waals surface area contributed by atoms with E-state index in [1.807, 2.05) is 0 Å². The molecule has 0 aliphatic heterocycles. The van der Waals surface area contributed by atoms with E-state index in [4.69, 9.17) is 15.2 Å². The molecule has 0 aromatic heterocycles. The Bertz CT molecular complexity index is 507. The summed E-state index contributed by atoms with van der Waals surface area (Å²) in [5.74, 6) is -0.394. The van der Waals surface area contributed by atoms with E-state index in [-0.39, 0.29) is 23.6 Å². The number of nitrogens with one attached hydrogen (secondary N) is 1. The van der Waals surface area contributed by atoms with Crippen molar-refractivity contribution in [2.24, 2.45) is 11.7 Å². The molecular formula is C14H19FN2O3. The van der Waals surface area contributed by atoms with Gasteiger partial charge in [-0.05, 0) is 19.3 Å². The van der Waals surface area contributed by atoms with Gasteiger partial charge in [-0.2, -0.15) is 0 Å². The summed E-state index contributed by atoms with van der Waals surface area (Å²) in [6.07, 6.45) is 2.26. The first-order valence-corrected chi connectivity index (χ1v) is 6.53. The van der Waals surface area contributed by atoms with Crippen LogP contribution in [0.1, 0.15) is 19.3 Å². The molecule has 110 valence electrons. The van der Waals surface area contributed by atoms with E-state index >= 15 is 0 Å². The van der Waals surface area contributed by atoms with Gasteiger partial charge in [0.2, 0.25) is 5.91 Å². The molecule has 0 radical (unpaired) electrons. The van der Waals surface area contributed by atoms with Crippen LogP contribution >= 0.6 is 0 Å². The van der Waals surface area contributed by atoms with Gasteiger partial charge in [0.15, 0.2) is 11.6 Å². The molecule has 5 nitrogen and oxygen atoms in total. The second-order valence-corrected chi connectivity index (χ2v) is 4.95. The number of hydrogen-bond donors (Lipinski definition) is 2. The topological polar surface area (TPSA) is 73.6 Å². The number of nitrogens with two attached hydrogens (primary N) is 1. The van der Waals surface area contributed by atoms with Crippen molar-refractivity contribution in [3.63, 3.8) is 0 Å². The second-order valence-electron chi connectivity index (χ2n) is 4.95. The second kappa shape index (κ2) is 6.09. The number of carbonyl (C=O) groups is 1. The molecule has 0 spiro atoms. The Balaban J connectivity index is 2.16. The molecule has 20 heavy (non-hydrogen) atoms. The molecule has 3 N–H and O–H groups in total. The van der Waals surface area contributed by atoms with Gasteiger partial charge in [-0.25, -0.2) is 4.39 Å². The SMILES string of the molecule is COc1cc(OC)c(NC(=O)C2CCC(N)C2)cc1F. The molecule has 1 aliphatic rings. The van der Waals surface area contributed by atoms with Crippen molar-refractivity contribution in [3.05, 3.63) is 17.9 Å². The molecule has 2 rings (SSSR count). The summed E-state index contributed by atoms with van der Waals surface area (Å²) >= 11 is 0. The average Bonchev–Trinajstić information content (AvgIpc) is 2.86. The third-order valence-corrected chi connectivity index (χ3v) is 3.58. The maximum absolute atomic E-state index is 13.7. The van der Waals surface area contributed by atoms with Crippen molar-refractivity contribution in [3.8, 4) is 11.5 Å². The number of halogens is 1. The van der Waals surface area contributed by atoms with Crippen molar-refractivity contribution in [2.75, 3.05) is 19.5 Å². The van der Waals surface area contributed by atoms with Crippen molar-refractivity contribution in [1.82, 2.24) is 0 Å². The van der Waals surface area contributed by atoms with E-state index in [1.54, 1.807) is 0 Å². The van der Waals surface area contributed by atoms with Crippen LogP contribution in [0, 0.1) is 11.7 Å². The highest BCUT2D eigenvalue weighted by Gasteiger charge is 2.28. The van der Waals surface area contributed by atoms with Gasteiger partial charge in [0.25, 0.3) is 0 Å². The fraction of sp³-hybridized carbons (Fsp3) is 0.500. The molecule has 6 heteroatoms. The van der Waals surface area contributed by atoms with Crippen LogP contribution in [0.15, 0.2) is 12.1 Å². The molecule has 1 aromatic rings. The maximum atomic E-state index is 13.7. The minimum atomic E-state index is -0.549. The zero-order valence-electron chi connectivity index (χ0n) is 11.6. The minimum Gasteiger partial charge on any atom is -0.494 e. The van der Waals surface area contributed by atoms with E-state index in [2.05, 4.69) is 5.32 Å². The van der Waals surface area contributed by atoms with Crippen LogP contribution in [0.25, 0.3) is 0 Å². The highest BCUT2D eigenvalue weighted by molar-refractivity contribution is 5.94. The molecule has 0 heterocycles. The largest absolute Gasteiger partial charge is 0.494 e. The van der Waals surface area contributed by atoms with Gasteiger partial charge in [-0.1, -0.05) is 0 Å². The maximum Gasteiger partial charge on any atom is 0.227 e. The smallest absolute Gasteiger partial charge is 0.227 e. The minimum absolute atomic E-state index is 0.0697. The molecule has 0 bridgehead atoms. The van der Waals surface area contributed by atoms with Crippen LogP contribution in [-0.4, -0.2) is 26.2 Å². The lowest BCUT2D eigenvalue weighted by Crippen LogP contribution is -2.23. The van der Waals surface area contributed by atoms with Gasteiger partial charge in [0.05, 0.1) is 19.9 Å². The Morgan fingerprint density at radius 3 is 2.55 bits per heavy atom. The van der Waals surface area contributed by atoms with Crippen molar-refractivity contribution in [1.29, 1.82) is 0 Å². The predicted octanol–water partition coefficient (Wildman–Crippen LogP) is 1.91. The van der Waals surface area contributed by atoms with E-state index in [9.17, 15) is 9.18 Å². The first-order chi connectivity index (χ1) is 9.55. The van der Waals surface area contributed by atoms with Crippen LogP contribution in [0.5, 0.6) is 11.5 Å².